The van der Waals surface area contributed by atoms with Crippen molar-refractivity contribution >= 4 is 16.7 Å². The van der Waals surface area contributed by atoms with Crippen LogP contribution in [0.2, 0.25) is 0 Å². The van der Waals surface area contributed by atoms with E-state index >= 15 is 0 Å². The number of anilines is 1. The molecule has 7 rings (SSSR count). The maximum atomic E-state index is 5.80. The molecule has 0 amide bonds. The Morgan fingerprint density at radius 3 is 2.51 bits per heavy atom. The topological polar surface area (TPSA) is 77.8 Å². The third-order valence-corrected chi connectivity index (χ3v) is 8.93. The number of morpholine rings is 2. The van der Waals surface area contributed by atoms with Crippen LogP contribution >= 0.6 is 0 Å². The van der Waals surface area contributed by atoms with E-state index in [4.69, 9.17) is 24.3 Å². The predicted molar refractivity (Wildman–Crippen MR) is 141 cm³/mol. The minimum Gasteiger partial charge on any atom is -0.467 e. The van der Waals surface area contributed by atoms with Gasteiger partial charge in [-0.1, -0.05) is 0 Å². The van der Waals surface area contributed by atoms with Crippen LogP contribution in [0.25, 0.3) is 16.7 Å². The summed E-state index contributed by atoms with van der Waals surface area (Å²) in [6.07, 6.45) is 8.28. The molecule has 1 aliphatic carbocycles. The van der Waals surface area contributed by atoms with E-state index in [0.29, 0.717) is 30.1 Å². The third-order valence-electron chi connectivity index (χ3n) is 8.93. The molecule has 0 radical (unpaired) electrons. The van der Waals surface area contributed by atoms with Gasteiger partial charge in [0.1, 0.15) is 5.82 Å². The molecule has 9 heteroatoms. The minimum absolute atomic E-state index is 0.295. The second kappa shape index (κ2) is 9.53. The molecular weight excluding hydrogens is 468 g/mol. The molecule has 9 nitrogen and oxygen atoms in total. The lowest BCUT2D eigenvalue weighted by atomic mass is 9.79. The van der Waals surface area contributed by atoms with Crippen LogP contribution < -0.4 is 9.64 Å². The molecule has 0 N–H and O–H groups in total. The van der Waals surface area contributed by atoms with Gasteiger partial charge in [0.2, 0.25) is 0 Å². The monoisotopic (exact) mass is 504 g/mol. The fraction of sp³-hybridized carbons (Fsp3) is 0.607. The highest BCUT2D eigenvalue weighted by Crippen LogP contribution is 2.38. The molecule has 2 bridgehead atoms. The Hall–Kier alpha value is -2.75. The van der Waals surface area contributed by atoms with E-state index in [1.165, 1.54) is 36.8 Å². The van der Waals surface area contributed by atoms with E-state index in [1.807, 2.05) is 16.9 Å². The number of aromatic nitrogens is 4. The van der Waals surface area contributed by atoms with Crippen molar-refractivity contribution in [2.24, 2.45) is 0 Å². The first-order chi connectivity index (χ1) is 18.2. The first kappa shape index (κ1) is 23.4. The number of hydrogen-bond donors (Lipinski definition) is 0. The number of benzene rings is 1. The number of fused-ring (bicyclic) bond motifs is 3. The summed E-state index contributed by atoms with van der Waals surface area (Å²) in [7, 11) is 1.62. The van der Waals surface area contributed by atoms with Crippen molar-refractivity contribution in [3.05, 3.63) is 35.5 Å². The minimum atomic E-state index is 0.295. The molecular formula is C28H36N6O3. The molecule has 4 fully saturated rings. The molecule has 1 saturated carbocycles. The zero-order valence-corrected chi connectivity index (χ0v) is 21.8. The highest BCUT2D eigenvalue weighted by atomic mass is 16.5. The van der Waals surface area contributed by atoms with Crippen molar-refractivity contribution in [3.8, 4) is 11.8 Å². The molecule has 1 aromatic carbocycles. The molecule has 0 spiro atoms. The van der Waals surface area contributed by atoms with Gasteiger partial charge in [0.15, 0.2) is 5.82 Å². The van der Waals surface area contributed by atoms with Gasteiger partial charge in [-0.05, 0) is 68.2 Å². The molecule has 4 aliphatic rings. The zero-order valence-electron chi connectivity index (χ0n) is 21.8. The highest BCUT2D eigenvalue weighted by molar-refractivity contribution is 5.82. The second-order valence-corrected chi connectivity index (χ2v) is 11.0. The lowest BCUT2D eigenvalue weighted by molar-refractivity contribution is 0.00729. The van der Waals surface area contributed by atoms with E-state index in [1.54, 1.807) is 7.11 Å². The van der Waals surface area contributed by atoms with Gasteiger partial charge in [0, 0.05) is 37.1 Å². The highest BCUT2D eigenvalue weighted by Gasteiger charge is 2.40. The van der Waals surface area contributed by atoms with Crippen molar-refractivity contribution in [2.45, 2.75) is 63.1 Å². The molecule has 2 unspecified atom stereocenters. The molecule has 196 valence electrons. The average Bonchev–Trinajstić information content (AvgIpc) is 3.69. The molecule has 5 heterocycles. The fourth-order valence-corrected chi connectivity index (χ4v) is 6.95. The van der Waals surface area contributed by atoms with Crippen LogP contribution in [0, 0.1) is 6.92 Å². The maximum Gasteiger partial charge on any atom is 0.320 e. The summed E-state index contributed by atoms with van der Waals surface area (Å²) < 4.78 is 18.8. The van der Waals surface area contributed by atoms with Crippen molar-refractivity contribution in [2.75, 3.05) is 51.5 Å². The Morgan fingerprint density at radius 1 is 0.973 bits per heavy atom. The van der Waals surface area contributed by atoms with Gasteiger partial charge < -0.3 is 19.1 Å². The van der Waals surface area contributed by atoms with E-state index < -0.39 is 0 Å². The van der Waals surface area contributed by atoms with E-state index in [9.17, 15) is 0 Å². The molecule has 37 heavy (non-hydrogen) atoms. The van der Waals surface area contributed by atoms with Gasteiger partial charge in [0.05, 0.1) is 50.8 Å². The first-order valence-corrected chi connectivity index (χ1v) is 13.8. The Morgan fingerprint density at radius 2 is 1.78 bits per heavy atom. The summed E-state index contributed by atoms with van der Waals surface area (Å²) in [6, 6.07) is 8.13. The second-order valence-electron chi connectivity index (χ2n) is 11.0. The van der Waals surface area contributed by atoms with Crippen molar-refractivity contribution in [3.63, 3.8) is 0 Å². The normalized spacial score (nSPS) is 28.3. The van der Waals surface area contributed by atoms with Crippen molar-refractivity contribution in [1.82, 2.24) is 24.6 Å². The van der Waals surface area contributed by atoms with Gasteiger partial charge in [0.25, 0.3) is 0 Å². The first-order valence-electron chi connectivity index (χ1n) is 13.8. The molecule has 3 saturated heterocycles. The van der Waals surface area contributed by atoms with Crippen LogP contribution in [0.15, 0.2) is 24.4 Å². The molecule has 3 aliphatic heterocycles. The number of ether oxygens (including phenoxy) is 3. The molecule has 2 aromatic heterocycles. The number of aryl methyl sites for hydroxylation is 1. The number of nitrogens with zero attached hydrogens (tertiary/aromatic N) is 6. The maximum absolute atomic E-state index is 5.80. The van der Waals surface area contributed by atoms with Gasteiger partial charge in [-0.15, -0.1) is 0 Å². The summed E-state index contributed by atoms with van der Waals surface area (Å²) in [5, 5.41) is 5.90. The number of rotatable bonds is 5. The van der Waals surface area contributed by atoms with E-state index in [-0.39, 0.29) is 0 Å². The van der Waals surface area contributed by atoms with Crippen LogP contribution in [0.5, 0.6) is 6.01 Å². The Kier molecular flexibility index (Phi) is 6.02. The standard InChI is InChI=1S/C28H36N6O3/c1-18-11-20-15-29-34(27-14-26(30-28(31-27)35-2)33-16-23-12-22(33)17-37-23)25(20)13-24(18)19-3-5-21(6-4-19)32-7-9-36-10-8-32/h11,13-15,19,21-23H,3-10,12,16-17H2,1-2H3. The lowest BCUT2D eigenvalue weighted by Gasteiger charge is -2.39. The van der Waals surface area contributed by atoms with Gasteiger partial charge in [-0.25, -0.2) is 4.68 Å². The Bertz CT molecular complexity index is 1280. The van der Waals surface area contributed by atoms with Gasteiger partial charge >= 0.3 is 6.01 Å². The van der Waals surface area contributed by atoms with Crippen LogP contribution in [0.1, 0.15) is 49.1 Å². The van der Waals surface area contributed by atoms with E-state index in [2.05, 4.69) is 33.8 Å². The summed E-state index contributed by atoms with van der Waals surface area (Å²) >= 11 is 0. The van der Waals surface area contributed by atoms with Crippen LogP contribution in [-0.2, 0) is 9.47 Å². The van der Waals surface area contributed by atoms with Gasteiger partial charge in [-0.3, -0.25) is 4.90 Å². The zero-order chi connectivity index (χ0) is 24.9. The summed E-state index contributed by atoms with van der Waals surface area (Å²) in [5.74, 6) is 2.21. The third kappa shape index (κ3) is 4.27. The van der Waals surface area contributed by atoms with E-state index in [0.717, 1.165) is 68.4 Å². The van der Waals surface area contributed by atoms with Crippen LogP contribution in [-0.4, -0.2) is 89.4 Å². The number of methoxy groups -OCH3 is 1. The van der Waals surface area contributed by atoms with Crippen LogP contribution in [0.4, 0.5) is 5.82 Å². The summed E-state index contributed by atoms with van der Waals surface area (Å²) in [4.78, 5) is 14.3. The Balaban J connectivity index is 1.18. The largest absolute Gasteiger partial charge is 0.467 e. The van der Waals surface area contributed by atoms with Crippen molar-refractivity contribution in [1.29, 1.82) is 0 Å². The smallest absolute Gasteiger partial charge is 0.320 e. The molecule has 2 atom stereocenters. The summed E-state index contributed by atoms with van der Waals surface area (Å²) in [6.45, 7) is 7.78. The predicted octanol–water partition coefficient (Wildman–Crippen LogP) is 3.47. The Labute approximate surface area is 217 Å². The summed E-state index contributed by atoms with van der Waals surface area (Å²) in [5.41, 5.74) is 3.90. The lowest BCUT2D eigenvalue weighted by Crippen LogP contribution is -2.44. The fourth-order valence-electron chi connectivity index (χ4n) is 6.95. The number of hydrogen-bond acceptors (Lipinski definition) is 8. The molecule has 3 aromatic rings. The SMILES string of the molecule is COc1nc(N2CC3CC2CO3)cc(-n2ncc3cc(C)c(C4CCC(N5CCOCC5)CC4)cc32)n1. The van der Waals surface area contributed by atoms with Crippen molar-refractivity contribution < 1.29 is 14.2 Å². The van der Waals surface area contributed by atoms with Gasteiger partial charge in [-0.2, -0.15) is 15.1 Å². The quantitative estimate of drug-likeness (QED) is 0.523. The average molecular weight is 505 g/mol. The van der Waals surface area contributed by atoms with Crippen LogP contribution in [0.3, 0.4) is 0 Å².